The summed E-state index contributed by atoms with van der Waals surface area (Å²) in [7, 11) is 0. The summed E-state index contributed by atoms with van der Waals surface area (Å²) in [5.74, 6) is -0.647. The molecule has 2 heterocycles. The summed E-state index contributed by atoms with van der Waals surface area (Å²) in [5, 5.41) is 29.7. The van der Waals surface area contributed by atoms with Crippen molar-refractivity contribution in [1.29, 1.82) is 0 Å². The molecular weight excluding hydrogens is 518 g/mol. The van der Waals surface area contributed by atoms with E-state index in [0.717, 1.165) is 17.7 Å². The van der Waals surface area contributed by atoms with Gasteiger partial charge >= 0.3 is 22.5 Å². The summed E-state index contributed by atoms with van der Waals surface area (Å²) in [6.45, 7) is 3.37. The lowest BCUT2D eigenvalue weighted by Gasteiger charge is -2.14. The number of aliphatic hydroxyl groups is 1. The van der Waals surface area contributed by atoms with Crippen LogP contribution in [-0.2, 0) is 0 Å². The maximum atomic E-state index is 12.8. The highest BCUT2D eigenvalue weighted by atomic mass is 19.1. The third-order valence-electron chi connectivity index (χ3n) is 5.27. The van der Waals surface area contributed by atoms with Crippen LogP contribution in [0.2, 0.25) is 0 Å². The molecule has 0 unspecified atom stereocenters. The zero-order valence-corrected chi connectivity index (χ0v) is 20.7. The number of pyridine rings is 2. The second-order valence-electron chi connectivity index (χ2n) is 7.96. The summed E-state index contributed by atoms with van der Waals surface area (Å²) in [4.78, 5) is 44.0. The topological polar surface area (TPSA) is 161 Å². The molecule has 0 radical (unpaired) electrons. The Kier molecular flexibility index (Phi) is 10.9. The number of aromatic amines is 1. The number of benzene rings is 2. The number of H-pyrrole nitrogens is 1. The van der Waals surface area contributed by atoms with E-state index in [9.17, 15) is 38.6 Å². The largest absolute Gasteiger partial charge is 0.389 e. The van der Waals surface area contributed by atoms with E-state index in [1.54, 1.807) is 38.1 Å². The van der Waals surface area contributed by atoms with E-state index in [1.807, 2.05) is 0 Å². The zero-order valence-electron chi connectivity index (χ0n) is 20.7. The monoisotopic (exact) mass is 542 g/mol. The molecule has 0 aliphatic rings. The number of aliphatic hydroxyl groups excluding tert-OH is 1. The molecule has 0 saturated heterocycles. The second kappa shape index (κ2) is 14.0. The Labute approximate surface area is 219 Å². The number of hydrogen-bond donors (Lipinski definition) is 2. The SMILES string of the molecule is C[C@@H](O)c1ccc(F)cc1.C[C@H](c1ccc(F)cc1)n1cccc([N+](=O)[O-])c1=O.O=c1[nH]cccc1[N+](=O)[O-]. The molecule has 4 aromatic rings. The highest BCUT2D eigenvalue weighted by Gasteiger charge is 2.17. The van der Waals surface area contributed by atoms with E-state index in [2.05, 4.69) is 4.98 Å². The van der Waals surface area contributed by atoms with Crippen molar-refractivity contribution in [2.75, 3.05) is 0 Å². The van der Waals surface area contributed by atoms with Crippen molar-refractivity contribution in [1.82, 2.24) is 9.55 Å². The molecule has 0 aliphatic heterocycles. The Bertz CT molecular complexity index is 1520. The summed E-state index contributed by atoms with van der Waals surface area (Å²) >= 11 is 0. The molecule has 2 aromatic carbocycles. The van der Waals surface area contributed by atoms with Crippen molar-refractivity contribution in [2.24, 2.45) is 0 Å². The minimum atomic E-state index is -0.723. The standard InChI is InChI=1S/C13H11FN2O3.C8H9FO.C5H4N2O3/c1-9(10-4-6-11(14)7-5-10)15-8-2-3-12(13(15)17)16(18)19;1-6(10)7-2-4-8(9)5-3-7;8-5-4(7(9)10)2-1-3-6-5/h2-9H,1H3;2-6,10H,1H3;1-3H,(H,6,8)/t9-;6-;/m11./s1. The van der Waals surface area contributed by atoms with Crippen LogP contribution < -0.4 is 11.1 Å². The molecule has 39 heavy (non-hydrogen) atoms. The van der Waals surface area contributed by atoms with Crippen LogP contribution >= 0.6 is 0 Å². The summed E-state index contributed by atoms with van der Waals surface area (Å²) in [6.07, 6.45) is 2.30. The number of nitrogens with zero attached hydrogens (tertiary/aromatic N) is 3. The van der Waals surface area contributed by atoms with Gasteiger partial charge in [0.25, 0.3) is 0 Å². The Morgan fingerprint density at radius 2 is 1.28 bits per heavy atom. The van der Waals surface area contributed by atoms with Crippen LogP contribution in [0.5, 0.6) is 0 Å². The average Bonchev–Trinajstić information content (AvgIpc) is 2.90. The quantitative estimate of drug-likeness (QED) is 0.274. The van der Waals surface area contributed by atoms with Crippen LogP contribution in [0.25, 0.3) is 0 Å². The van der Waals surface area contributed by atoms with Crippen LogP contribution in [0.1, 0.15) is 37.1 Å². The minimum Gasteiger partial charge on any atom is -0.389 e. The molecular formula is C26H24F2N4O7. The van der Waals surface area contributed by atoms with Gasteiger partial charge in [0.2, 0.25) is 0 Å². The predicted molar refractivity (Wildman–Crippen MR) is 138 cm³/mol. The van der Waals surface area contributed by atoms with Crippen molar-refractivity contribution in [3.63, 3.8) is 0 Å². The molecule has 13 heteroatoms. The Hall–Kier alpha value is -5.04. The van der Waals surface area contributed by atoms with Gasteiger partial charge in [-0.15, -0.1) is 0 Å². The fourth-order valence-corrected chi connectivity index (χ4v) is 3.14. The summed E-state index contributed by atoms with van der Waals surface area (Å²) < 4.78 is 26.4. The Balaban J connectivity index is 0.000000225. The highest BCUT2D eigenvalue weighted by molar-refractivity contribution is 5.28. The van der Waals surface area contributed by atoms with Gasteiger partial charge in [0.1, 0.15) is 11.6 Å². The van der Waals surface area contributed by atoms with Gasteiger partial charge in [-0.2, -0.15) is 0 Å². The molecule has 4 rings (SSSR count). The van der Waals surface area contributed by atoms with E-state index >= 15 is 0 Å². The van der Waals surface area contributed by atoms with Gasteiger partial charge in [0.05, 0.1) is 22.0 Å². The lowest BCUT2D eigenvalue weighted by Crippen LogP contribution is -2.25. The van der Waals surface area contributed by atoms with Gasteiger partial charge < -0.3 is 14.7 Å². The number of hydrogen-bond acceptors (Lipinski definition) is 7. The minimum absolute atomic E-state index is 0.274. The lowest BCUT2D eigenvalue weighted by molar-refractivity contribution is -0.386. The predicted octanol–water partition coefficient (Wildman–Crippen LogP) is 4.67. The summed E-state index contributed by atoms with van der Waals surface area (Å²) in [6, 6.07) is 16.2. The van der Waals surface area contributed by atoms with E-state index in [-0.39, 0.29) is 11.6 Å². The van der Waals surface area contributed by atoms with Gasteiger partial charge in [-0.3, -0.25) is 29.8 Å². The van der Waals surface area contributed by atoms with Gasteiger partial charge in [-0.1, -0.05) is 24.3 Å². The third kappa shape index (κ3) is 8.79. The van der Waals surface area contributed by atoms with Crippen LogP contribution in [-0.4, -0.2) is 24.5 Å². The lowest BCUT2D eigenvalue weighted by atomic mass is 10.1. The third-order valence-corrected chi connectivity index (χ3v) is 5.27. The zero-order chi connectivity index (χ0) is 29.1. The first-order valence-electron chi connectivity index (χ1n) is 11.3. The van der Waals surface area contributed by atoms with Crippen molar-refractivity contribution in [3.8, 4) is 0 Å². The highest BCUT2D eigenvalue weighted by Crippen LogP contribution is 2.17. The normalized spacial score (nSPS) is 11.6. The van der Waals surface area contributed by atoms with Crippen LogP contribution in [0.15, 0.2) is 94.8 Å². The van der Waals surface area contributed by atoms with Crippen LogP contribution in [0, 0.1) is 31.9 Å². The number of rotatable bonds is 5. The molecule has 2 atom stereocenters. The van der Waals surface area contributed by atoms with Crippen LogP contribution in [0.3, 0.4) is 0 Å². The molecule has 0 fully saturated rings. The van der Waals surface area contributed by atoms with E-state index in [1.165, 1.54) is 53.4 Å². The smallest absolute Gasteiger partial charge is 0.334 e. The van der Waals surface area contributed by atoms with Gasteiger partial charge in [-0.05, 0) is 61.4 Å². The first kappa shape index (κ1) is 30.2. The second-order valence-corrected chi connectivity index (χ2v) is 7.96. The van der Waals surface area contributed by atoms with Crippen molar-refractivity contribution in [3.05, 3.63) is 149 Å². The van der Waals surface area contributed by atoms with Gasteiger partial charge in [0.15, 0.2) is 0 Å². The molecule has 2 N–H and O–H groups in total. The number of aromatic nitrogens is 2. The van der Waals surface area contributed by atoms with E-state index < -0.39 is 44.5 Å². The first-order valence-corrected chi connectivity index (χ1v) is 11.3. The van der Waals surface area contributed by atoms with Crippen molar-refractivity contribution < 1.29 is 23.7 Å². The summed E-state index contributed by atoms with van der Waals surface area (Å²) in [5.41, 5.74) is -0.818. The molecule has 0 aliphatic carbocycles. The number of halogens is 2. The number of nitrogens with one attached hydrogen (secondary N) is 1. The maximum absolute atomic E-state index is 12.8. The molecule has 0 amide bonds. The van der Waals surface area contributed by atoms with Gasteiger partial charge in [0, 0.05) is 24.5 Å². The first-order chi connectivity index (χ1) is 18.4. The number of nitro groups is 2. The Morgan fingerprint density at radius 1 is 0.795 bits per heavy atom. The average molecular weight is 542 g/mol. The van der Waals surface area contributed by atoms with Crippen molar-refractivity contribution >= 4 is 11.4 Å². The van der Waals surface area contributed by atoms with E-state index in [4.69, 9.17) is 5.11 Å². The van der Waals surface area contributed by atoms with Crippen molar-refractivity contribution in [2.45, 2.75) is 26.0 Å². The van der Waals surface area contributed by atoms with Crippen LogP contribution in [0.4, 0.5) is 20.2 Å². The maximum Gasteiger partial charge on any atom is 0.334 e. The molecule has 0 saturated carbocycles. The molecule has 204 valence electrons. The Morgan fingerprint density at radius 3 is 1.72 bits per heavy atom. The van der Waals surface area contributed by atoms with Gasteiger partial charge in [-0.25, -0.2) is 8.78 Å². The van der Waals surface area contributed by atoms with E-state index in [0.29, 0.717) is 5.56 Å². The fraction of sp³-hybridized carbons (Fsp3) is 0.154. The molecule has 0 bridgehead atoms. The fourth-order valence-electron chi connectivity index (χ4n) is 3.14. The molecule has 11 nitrogen and oxygen atoms in total. The molecule has 0 spiro atoms. The molecule has 2 aromatic heterocycles.